The molecule has 0 spiro atoms. The van der Waals surface area contributed by atoms with Gasteiger partial charge in [0.1, 0.15) is 5.75 Å². The summed E-state index contributed by atoms with van der Waals surface area (Å²) in [6, 6.07) is 15.5. The molecule has 3 rings (SSSR count). The van der Waals surface area contributed by atoms with E-state index in [2.05, 4.69) is 31.9 Å². The Kier molecular flexibility index (Phi) is 9.80. The van der Waals surface area contributed by atoms with Gasteiger partial charge in [0.2, 0.25) is 0 Å². The summed E-state index contributed by atoms with van der Waals surface area (Å²) in [7, 11) is 1.56. The molecule has 0 aliphatic heterocycles. The molecule has 0 saturated heterocycles. The average molecular weight is 642 g/mol. The number of halogens is 4. The van der Waals surface area contributed by atoms with E-state index in [1.807, 2.05) is 12.1 Å². The maximum Gasteiger partial charge on any atom is 0.338 e. The Labute approximate surface area is 230 Å². The number of amides is 1. The van der Waals surface area contributed by atoms with Crippen molar-refractivity contribution in [2.24, 2.45) is 0 Å². The summed E-state index contributed by atoms with van der Waals surface area (Å²) in [6.07, 6.45) is 3.14. The highest BCUT2D eigenvalue weighted by molar-refractivity contribution is 9.11. The van der Waals surface area contributed by atoms with E-state index in [9.17, 15) is 9.59 Å². The molecule has 0 aromatic heterocycles. The highest BCUT2D eigenvalue weighted by Gasteiger charge is 2.18. The van der Waals surface area contributed by atoms with Gasteiger partial charge in [-0.3, -0.25) is 4.79 Å². The van der Waals surface area contributed by atoms with Gasteiger partial charge in [-0.25, -0.2) is 4.79 Å². The lowest BCUT2D eigenvalue weighted by Crippen LogP contribution is -2.29. The summed E-state index contributed by atoms with van der Waals surface area (Å²) in [5.41, 5.74) is 2.41. The third-order valence-electron chi connectivity index (χ3n) is 4.95. The fraction of sp³-hybridized carbons (Fsp3) is 0.154. The van der Waals surface area contributed by atoms with Crippen LogP contribution in [0.15, 0.2) is 69.6 Å². The molecule has 35 heavy (non-hydrogen) atoms. The van der Waals surface area contributed by atoms with Gasteiger partial charge in [0, 0.05) is 31.8 Å². The number of nitrogens with zero attached hydrogens (tertiary/aromatic N) is 1. The molecule has 0 fully saturated rings. The Bertz CT molecular complexity index is 1260. The molecule has 0 radical (unpaired) electrons. The number of benzene rings is 3. The van der Waals surface area contributed by atoms with Gasteiger partial charge >= 0.3 is 5.97 Å². The third kappa shape index (κ3) is 7.10. The molecule has 0 aliphatic rings. The number of hydrogen-bond donors (Lipinski definition) is 0. The molecule has 0 unspecified atom stereocenters. The summed E-state index contributed by atoms with van der Waals surface area (Å²) in [5.74, 6) is -0.119. The number of rotatable bonds is 8. The lowest BCUT2D eigenvalue weighted by molar-refractivity contribution is -0.114. The highest BCUT2D eigenvalue weighted by atomic mass is 79.9. The number of methoxy groups -OCH3 is 1. The molecule has 0 saturated carbocycles. The second kappa shape index (κ2) is 12.6. The first-order chi connectivity index (χ1) is 16.7. The first-order valence-electron chi connectivity index (χ1n) is 10.5. The predicted octanol–water partition coefficient (Wildman–Crippen LogP) is 7.95. The largest absolute Gasteiger partial charge is 0.495 e. The van der Waals surface area contributed by atoms with Crippen LogP contribution in [-0.2, 0) is 16.1 Å². The molecule has 3 aromatic carbocycles. The zero-order chi connectivity index (χ0) is 25.5. The van der Waals surface area contributed by atoms with Crippen LogP contribution in [0.3, 0.4) is 0 Å². The number of esters is 1. The van der Waals surface area contributed by atoms with Crippen LogP contribution < -0.4 is 9.64 Å². The maximum absolute atomic E-state index is 13.4. The van der Waals surface area contributed by atoms with Crippen LogP contribution in [0.4, 0.5) is 5.69 Å². The van der Waals surface area contributed by atoms with E-state index in [1.54, 1.807) is 67.5 Å². The Morgan fingerprint density at radius 3 is 2.37 bits per heavy atom. The summed E-state index contributed by atoms with van der Waals surface area (Å²) in [5, 5.41) is 0.947. The van der Waals surface area contributed by atoms with Gasteiger partial charge in [-0.1, -0.05) is 45.2 Å². The van der Waals surface area contributed by atoms with E-state index in [0.29, 0.717) is 32.6 Å². The third-order valence-corrected chi connectivity index (χ3v) is 6.58. The minimum absolute atomic E-state index is 0.192. The monoisotopic (exact) mass is 639 g/mol. The first kappa shape index (κ1) is 27.3. The Morgan fingerprint density at radius 2 is 1.74 bits per heavy atom. The van der Waals surface area contributed by atoms with Gasteiger partial charge in [0.25, 0.3) is 5.91 Å². The van der Waals surface area contributed by atoms with Crippen molar-refractivity contribution in [1.29, 1.82) is 0 Å². The zero-order valence-electron chi connectivity index (χ0n) is 18.9. The number of carbonyl (C=O) groups excluding carboxylic acids is 2. The molecule has 182 valence electrons. The van der Waals surface area contributed by atoms with Crippen molar-refractivity contribution in [1.82, 2.24) is 0 Å². The quantitative estimate of drug-likeness (QED) is 0.185. The molecule has 1 amide bonds. The molecule has 0 bridgehead atoms. The van der Waals surface area contributed by atoms with Crippen LogP contribution in [0.5, 0.6) is 5.75 Å². The lowest BCUT2D eigenvalue weighted by atomic mass is 10.1. The van der Waals surface area contributed by atoms with Gasteiger partial charge in [-0.05, 0) is 83.0 Å². The fourth-order valence-corrected chi connectivity index (χ4v) is 5.17. The van der Waals surface area contributed by atoms with Crippen LogP contribution in [0.25, 0.3) is 6.08 Å². The molecule has 9 heteroatoms. The van der Waals surface area contributed by atoms with E-state index in [0.717, 1.165) is 14.5 Å². The Morgan fingerprint density at radius 1 is 1.03 bits per heavy atom. The van der Waals surface area contributed by atoms with Crippen molar-refractivity contribution in [3.63, 3.8) is 0 Å². The number of anilines is 1. The number of carbonyl (C=O) groups is 2. The van der Waals surface area contributed by atoms with Crippen LogP contribution >= 0.6 is 55.1 Å². The molecule has 5 nitrogen and oxygen atoms in total. The lowest BCUT2D eigenvalue weighted by Gasteiger charge is -2.22. The van der Waals surface area contributed by atoms with Gasteiger partial charge < -0.3 is 14.4 Å². The van der Waals surface area contributed by atoms with Crippen molar-refractivity contribution in [3.8, 4) is 5.75 Å². The Balaban J connectivity index is 1.97. The molecule has 3 aromatic rings. The Hall–Kier alpha value is -2.32. The maximum atomic E-state index is 13.4. The minimum atomic E-state index is -0.426. The van der Waals surface area contributed by atoms with Crippen LogP contribution in [0.2, 0.25) is 10.0 Å². The van der Waals surface area contributed by atoms with Crippen LogP contribution in [-0.4, -0.2) is 25.6 Å². The summed E-state index contributed by atoms with van der Waals surface area (Å²) in [4.78, 5) is 27.0. The fourth-order valence-electron chi connectivity index (χ4n) is 3.28. The standard InChI is InChI=1S/C26H21Br2Cl2NO4/c1-3-35-26(33)16-5-9-21(10-6-16)31(15-18-4-8-20(29)14-23(18)30)24(32)11-7-17-12-19(27)13-22(28)25(17)34-2/h4-14H,3,15H2,1-2H3/b11-7+. The molecular formula is C26H21Br2Cl2NO4. The zero-order valence-corrected chi connectivity index (χ0v) is 23.5. The van der Waals surface area contributed by atoms with Gasteiger partial charge in [0.05, 0.1) is 30.3 Å². The number of ether oxygens (including phenoxy) is 2. The van der Waals surface area contributed by atoms with Crippen molar-refractivity contribution in [2.45, 2.75) is 13.5 Å². The van der Waals surface area contributed by atoms with E-state index >= 15 is 0 Å². The van der Waals surface area contributed by atoms with Crippen LogP contribution in [0.1, 0.15) is 28.4 Å². The summed E-state index contributed by atoms with van der Waals surface area (Å²) >= 11 is 19.4. The van der Waals surface area contributed by atoms with E-state index in [4.69, 9.17) is 32.7 Å². The van der Waals surface area contributed by atoms with Crippen LogP contribution in [0, 0.1) is 0 Å². The summed E-state index contributed by atoms with van der Waals surface area (Å²) < 4.78 is 12.1. The SMILES string of the molecule is CCOC(=O)c1ccc(N(Cc2ccc(Cl)cc2Cl)C(=O)/C=C/c2cc(Br)cc(Br)c2OC)cc1. The summed E-state index contributed by atoms with van der Waals surface area (Å²) in [6.45, 7) is 2.21. The molecular weight excluding hydrogens is 621 g/mol. The predicted molar refractivity (Wildman–Crippen MR) is 147 cm³/mol. The van der Waals surface area contributed by atoms with Crippen molar-refractivity contribution in [2.75, 3.05) is 18.6 Å². The highest BCUT2D eigenvalue weighted by Crippen LogP contribution is 2.34. The molecule has 0 aliphatic carbocycles. The topological polar surface area (TPSA) is 55.8 Å². The van der Waals surface area contributed by atoms with Crippen molar-refractivity contribution < 1.29 is 19.1 Å². The van der Waals surface area contributed by atoms with Gasteiger partial charge in [-0.2, -0.15) is 0 Å². The molecule has 0 atom stereocenters. The van der Waals surface area contributed by atoms with Crippen molar-refractivity contribution in [3.05, 3.63) is 96.4 Å². The average Bonchev–Trinajstić information content (AvgIpc) is 2.82. The molecule has 0 N–H and O–H groups in total. The van der Waals surface area contributed by atoms with Gasteiger partial charge in [-0.15, -0.1) is 0 Å². The van der Waals surface area contributed by atoms with E-state index < -0.39 is 5.97 Å². The van der Waals surface area contributed by atoms with Gasteiger partial charge in [0.15, 0.2) is 0 Å². The minimum Gasteiger partial charge on any atom is -0.495 e. The number of hydrogen-bond acceptors (Lipinski definition) is 4. The normalized spacial score (nSPS) is 10.9. The van der Waals surface area contributed by atoms with E-state index in [-0.39, 0.29) is 19.1 Å². The first-order valence-corrected chi connectivity index (χ1v) is 12.8. The van der Waals surface area contributed by atoms with E-state index in [1.165, 1.54) is 6.08 Å². The second-order valence-corrected chi connectivity index (χ2v) is 9.88. The second-order valence-electron chi connectivity index (χ2n) is 7.27. The smallest absolute Gasteiger partial charge is 0.338 e. The molecule has 0 heterocycles. The van der Waals surface area contributed by atoms with Crippen molar-refractivity contribution >= 4 is 78.7 Å².